The monoisotopic (exact) mass is 290 g/mol. The van der Waals surface area contributed by atoms with Gasteiger partial charge in [0.05, 0.1) is 5.69 Å². The van der Waals surface area contributed by atoms with Gasteiger partial charge in [-0.25, -0.2) is 14.6 Å². The van der Waals surface area contributed by atoms with Crippen LogP contribution < -0.4 is 0 Å². The lowest BCUT2D eigenvalue weighted by Gasteiger charge is -2.12. The normalized spacial score (nSPS) is 11.2. The molecule has 0 unspecified atom stereocenters. The van der Waals surface area contributed by atoms with E-state index in [1.165, 1.54) is 6.39 Å². The van der Waals surface area contributed by atoms with Crippen LogP contribution >= 0.6 is 0 Å². The molecule has 4 aromatic rings. The van der Waals surface area contributed by atoms with Crippen molar-refractivity contribution in [1.82, 2.24) is 19.7 Å². The smallest absolute Gasteiger partial charge is 0.181 e. The second kappa shape index (κ2) is 4.80. The first kappa shape index (κ1) is 12.8. The third-order valence-electron chi connectivity index (χ3n) is 3.79. The van der Waals surface area contributed by atoms with Crippen molar-refractivity contribution in [3.63, 3.8) is 0 Å². The van der Waals surface area contributed by atoms with Crippen LogP contribution in [0.4, 0.5) is 0 Å². The van der Waals surface area contributed by atoms with Crippen LogP contribution in [-0.4, -0.2) is 19.7 Å². The van der Waals surface area contributed by atoms with Crippen molar-refractivity contribution < 1.29 is 4.42 Å². The fourth-order valence-electron chi connectivity index (χ4n) is 2.74. The number of rotatable bonds is 2. The highest BCUT2D eigenvalue weighted by Crippen LogP contribution is 2.26. The Morgan fingerprint density at radius 2 is 1.82 bits per heavy atom. The highest BCUT2D eigenvalue weighted by molar-refractivity contribution is 5.78. The van der Waals surface area contributed by atoms with E-state index in [9.17, 15) is 0 Å². The molecule has 0 saturated carbocycles. The molecule has 0 saturated heterocycles. The Morgan fingerprint density at radius 1 is 1.00 bits per heavy atom. The van der Waals surface area contributed by atoms with E-state index in [1.807, 2.05) is 28.9 Å². The summed E-state index contributed by atoms with van der Waals surface area (Å²) < 4.78 is 7.17. The molecular weight excluding hydrogens is 276 g/mol. The maximum absolute atomic E-state index is 5.29. The lowest BCUT2D eigenvalue weighted by molar-refractivity contribution is 0.602. The molecule has 0 spiro atoms. The van der Waals surface area contributed by atoms with Gasteiger partial charge < -0.3 is 4.42 Å². The third-order valence-corrected chi connectivity index (χ3v) is 3.79. The van der Waals surface area contributed by atoms with Crippen molar-refractivity contribution in [2.24, 2.45) is 0 Å². The Bertz CT molecular complexity index is 947. The number of aromatic nitrogens is 4. The second-order valence-corrected chi connectivity index (χ2v) is 5.27. The SMILES string of the molecule is Cc1cccc(C)c1-n1ncnc1-c1ccc2ocnc2c1. The fourth-order valence-corrected chi connectivity index (χ4v) is 2.74. The van der Waals surface area contributed by atoms with E-state index in [1.54, 1.807) is 6.33 Å². The van der Waals surface area contributed by atoms with Gasteiger partial charge >= 0.3 is 0 Å². The summed E-state index contributed by atoms with van der Waals surface area (Å²) in [6, 6.07) is 12.0. The summed E-state index contributed by atoms with van der Waals surface area (Å²) in [7, 11) is 0. The average molecular weight is 290 g/mol. The van der Waals surface area contributed by atoms with Gasteiger partial charge in [-0.3, -0.25) is 0 Å². The van der Waals surface area contributed by atoms with Crippen LogP contribution in [-0.2, 0) is 0 Å². The van der Waals surface area contributed by atoms with E-state index in [0.717, 1.165) is 39.3 Å². The lowest BCUT2D eigenvalue weighted by atomic mass is 10.1. The number of hydrogen-bond donors (Lipinski definition) is 0. The molecule has 108 valence electrons. The van der Waals surface area contributed by atoms with Crippen molar-refractivity contribution in [2.75, 3.05) is 0 Å². The maximum Gasteiger partial charge on any atom is 0.181 e. The summed E-state index contributed by atoms with van der Waals surface area (Å²) in [5, 5.41) is 4.41. The number of fused-ring (bicyclic) bond motifs is 1. The van der Waals surface area contributed by atoms with Crippen LogP contribution in [0, 0.1) is 13.8 Å². The minimum atomic E-state index is 0.766. The molecule has 4 rings (SSSR count). The standard InChI is InChI=1S/C17H14N4O/c1-11-4-3-5-12(2)16(11)21-17(18-9-20-21)13-6-7-15-14(8-13)19-10-22-15/h3-10H,1-2H3. The molecule has 0 amide bonds. The zero-order valence-corrected chi connectivity index (χ0v) is 12.3. The van der Waals surface area contributed by atoms with Crippen LogP contribution in [0.2, 0.25) is 0 Å². The van der Waals surface area contributed by atoms with Gasteiger partial charge in [-0.05, 0) is 43.2 Å². The molecule has 0 fully saturated rings. The van der Waals surface area contributed by atoms with Gasteiger partial charge in [-0.15, -0.1) is 0 Å². The highest BCUT2D eigenvalue weighted by atomic mass is 16.3. The molecule has 0 aliphatic carbocycles. The average Bonchev–Trinajstić information content (AvgIpc) is 3.15. The summed E-state index contributed by atoms with van der Waals surface area (Å²) in [4.78, 5) is 8.63. The van der Waals surface area contributed by atoms with E-state index in [2.05, 4.69) is 41.0 Å². The molecule has 5 nitrogen and oxygen atoms in total. The van der Waals surface area contributed by atoms with Crippen molar-refractivity contribution in [3.8, 4) is 17.1 Å². The first-order valence-electron chi connectivity index (χ1n) is 7.04. The molecule has 0 bridgehead atoms. The molecule has 0 aliphatic rings. The van der Waals surface area contributed by atoms with Gasteiger partial charge in [0.2, 0.25) is 0 Å². The van der Waals surface area contributed by atoms with Crippen molar-refractivity contribution in [1.29, 1.82) is 0 Å². The molecule has 0 radical (unpaired) electrons. The van der Waals surface area contributed by atoms with Crippen molar-refractivity contribution in [3.05, 3.63) is 60.2 Å². The highest BCUT2D eigenvalue weighted by Gasteiger charge is 2.14. The predicted octanol–water partition coefficient (Wildman–Crippen LogP) is 3.69. The predicted molar refractivity (Wildman–Crippen MR) is 83.8 cm³/mol. The Labute approximate surface area is 127 Å². The Kier molecular flexibility index (Phi) is 2.79. The number of nitrogens with zero attached hydrogens (tertiary/aromatic N) is 4. The summed E-state index contributed by atoms with van der Waals surface area (Å²) >= 11 is 0. The van der Waals surface area contributed by atoms with Crippen LogP contribution in [0.25, 0.3) is 28.2 Å². The largest absolute Gasteiger partial charge is 0.443 e. The van der Waals surface area contributed by atoms with E-state index < -0.39 is 0 Å². The van der Waals surface area contributed by atoms with Crippen molar-refractivity contribution in [2.45, 2.75) is 13.8 Å². The number of benzene rings is 2. The number of hydrogen-bond acceptors (Lipinski definition) is 4. The molecule has 2 aromatic carbocycles. The fraction of sp³-hybridized carbons (Fsp3) is 0.118. The summed E-state index contributed by atoms with van der Waals surface area (Å²) in [5.41, 5.74) is 5.93. The topological polar surface area (TPSA) is 56.7 Å². The molecule has 0 N–H and O–H groups in total. The summed E-state index contributed by atoms with van der Waals surface area (Å²) in [6.45, 7) is 4.16. The van der Waals surface area contributed by atoms with Gasteiger partial charge in [0.1, 0.15) is 11.8 Å². The third kappa shape index (κ3) is 1.90. The number of aryl methyl sites for hydroxylation is 2. The van der Waals surface area contributed by atoms with Gasteiger partial charge in [0.15, 0.2) is 17.8 Å². The maximum atomic E-state index is 5.29. The first-order valence-corrected chi connectivity index (χ1v) is 7.04. The minimum absolute atomic E-state index is 0.766. The Hall–Kier alpha value is -2.95. The minimum Gasteiger partial charge on any atom is -0.443 e. The van der Waals surface area contributed by atoms with Gasteiger partial charge in [-0.2, -0.15) is 5.10 Å². The van der Waals surface area contributed by atoms with Gasteiger partial charge in [-0.1, -0.05) is 18.2 Å². The second-order valence-electron chi connectivity index (χ2n) is 5.27. The van der Waals surface area contributed by atoms with Gasteiger partial charge in [0, 0.05) is 5.56 Å². The Morgan fingerprint density at radius 3 is 2.64 bits per heavy atom. The molecule has 0 aliphatic heterocycles. The molecule has 2 heterocycles. The van der Waals surface area contributed by atoms with Crippen LogP contribution in [0.1, 0.15) is 11.1 Å². The molecule has 0 atom stereocenters. The summed E-state index contributed by atoms with van der Waals surface area (Å²) in [5.74, 6) is 0.794. The Balaban J connectivity index is 1.93. The molecular formula is C17H14N4O. The first-order chi connectivity index (χ1) is 10.7. The molecule has 2 aromatic heterocycles. The zero-order valence-electron chi connectivity index (χ0n) is 12.3. The van der Waals surface area contributed by atoms with E-state index in [0.29, 0.717) is 0 Å². The number of oxazole rings is 1. The quantitative estimate of drug-likeness (QED) is 0.565. The van der Waals surface area contributed by atoms with Crippen molar-refractivity contribution >= 4 is 11.1 Å². The van der Waals surface area contributed by atoms with E-state index in [4.69, 9.17) is 4.42 Å². The van der Waals surface area contributed by atoms with Gasteiger partial charge in [0.25, 0.3) is 0 Å². The van der Waals surface area contributed by atoms with Crippen LogP contribution in [0.3, 0.4) is 0 Å². The van der Waals surface area contributed by atoms with E-state index in [-0.39, 0.29) is 0 Å². The van der Waals surface area contributed by atoms with Crippen LogP contribution in [0.15, 0.2) is 53.5 Å². The molecule has 22 heavy (non-hydrogen) atoms. The lowest BCUT2D eigenvalue weighted by Crippen LogP contribution is -2.04. The number of para-hydroxylation sites is 1. The molecule has 5 heteroatoms. The summed E-state index contributed by atoms with van der Waals surface area (Å²) in [6.07, 6.45) is 3.03. The zero-order chi connectivity index (χ0) is 15.1. The van der Waals surface area contributed by atoms with Crippen LogP contribution in [0.5, 0.6) is 0 Å². The van der Waals surface area contributed by atoms with E-state index >= 15 is 0 Å².